The molecule has 0 unspecified atom stereocenters. The molecular weight excluding hydrogens is 388 g/mol. The highest BCUT2D eigenvalue weighted by atomic mass is 32.2. The molecule has 1 saturated heterocycles. The van der Waals surface area contributed by atoms with E-state index in [1.54, 1.807) is 13.0 Å². The molecule has 0 spiro atoms. The SMILES string of the molecule is Cc1cccc(-c2nn(C(C)C)c3cc(C(=O)NC4(C)CS(=O)(=O)C4)cnc23)c1. The van der Waals surface area contributed by atoms with E-state index >= 15 is 0 Å². The maximum absolute atomic E-state index is 12.7. The van der Waals surface area contributed by atoms with Crippen LogP contribution in [0.3, 0.4) is 0 Å². The van der Waals surface area contributed by atoms with Crippen LogP contribution in [0, 0.1) is 6.92 Å². The van der Waals surface area contributed by atoms with E-state index in [1.807, 2.05) is 43.7 Å². The molecule has 0 saturated carbocycles. The zero-order valence-corrected chi connectivity index (χ0v) is 17.7. The molecule has 1 N–H and O–H groups in total. The number of carbonyl (C=O) groups excluding carboxylic acids is 1. The van der Waals surface area contributed by atoms with Gasteiger partial charge in [0.2, 0.25) is 0 Å². The molecule has 2 aromatic heterocycles. The third-order valence-corrected chi connectivity index (χ3v) is 7.24. The fourth-order valence-corrected chi connectivity index (χ4v) is 5.87. The molecule has 3 heterocycles. The molecule has 4 rings (SSSR count). The number of amides is 1. The van der Waals surface area contributed by atoms with Gasteiger partial charge >= 0.3 is 0 Å². The number of sulfone groups is 1. The predicted octanol–water partition coefficient (Wildman–Crippen LogP) is 2.90. The Bertz CT molecular complexity index is 1220. The standard InChI is InChI=1S/C21H24N4O3S/c1-13(2)25-17-9-16(20(26)23-21(4)11-29(27,28)12-21)10-22-19(17)18(24-25)15-7-5-6-14(3)8-15/h5-10,13H,11-12H2,1-4H3,(H,23,26). The summed E-state index contributed by atoms with van der Waals surface area (Å²) in [4.78, 5) is 17.3. The number of fused-ring (bicyclic) bond motifs is 1. The van der Waals surface area contributed by atoms with Crippen molar-refractivity contribution < 1.29 is 13.2 Å². The number of aromatic nitrogens is 3. The number of nitrogens with one attached hydrogen (secondary N) is 1. The first-order valence-corrected chi connectivity index (χ1v) is 11.4. The molecule has 1 amide bonds. The van der Waals surface area contributed by atoms with Crippen molar-refractivity contribution in [1.29, 1.82) is 0 Å². The van der Waals surface area contributed by atoms with E-state index in [0.29, 0.717) is 5.56 Å². The van der Waals surface area contributed by atoms with Crippen LogP contribution in [0.2, 0.25) is 0 Å². The van der Waals surface area contributed by atoms with Gasteiger partial charge in [-0.1, -0.05) is 23.8 Å². The van der Waals surface area contributed by atoms with Crippen LogP contribution >= 0.6 is 0 Å². The number of hydrogen-bond acceptors (Lipinski definition) is 5. The first-order chi connectivity index (χ1) is 13.6. The minimum Gasteiger partial charge on any atom is -0.345 e. The van der Waals surface area contributed by atoms with Crippen LogP contribution in [0.25, 0.3) is 22.3 Å². The van der Waals surface area contributed by atoms with Gasteiger partial charge in [-0.25, -0.2) is 8.42 Å². The van der Waals surface area contributed by atoms with Crippen LogP contribution in [-0.2, 0) is 9.84 Å². The molecule has 0 radical (unpaired) electrons. The van der Waals surface area contributed by atoms with Gasteiger partial charge in [-0.3, -0.25) is 14.5 Å². The number of nitrogens with zero attached hydrogens (tertiary/aromatic N) is 3. The quantitative estimate of drug-likeness (QED) is 0.711. The normalized spacial score (nSPS) is 17.3. The maximum Gasteiger partial charge on any atom is 0.253 e. The van der Waals surface area contributed by atoms with Crippen LogP contribution in [0.15, 0.2) is 36.5 Å². The minimum absolute atomic E-state index is 0.0388. The number of pyridine rings is 1. The van der Waals surface area contributed by atoms with E-state index < -0.39 is 15.4 Å². The van der Waals surface area contributed by atoms with Crippen molar-refractivity contribution in [2.75, 3.05) is 11.5 Å². The van der Waals surface area contributed by atoms with Crippen molar-refractivity contribution in [2.24, 2.45) is 0 Å². The monoisotopic (exact) mass is 412 g/mol. The van der Waals surface area contributed by atoms with Gasteiger partial charge in [-0.2, -0.15) is 5.10 Å². The van der Waals surface area contributed by atoms with Crippen LogP contribution in [0.4, 0.5) is 0 Å². The predicted molar refractivity (Wildman–Crippen MR) is 113 cm³/mol. The van der Waals surface area contributed by atoms with Gasteiger partial charge in [0.15, 0.2) is 9.84 Å². The Morgan fingerprint density at radius 2 is 1.97 bits per heavy atom. The second-order valence-corrected chi connectivity index (χ2v) is 10.5. The number of hydrogen-bond donors (Lipinski definition) is 1. The Morgan fingerprint density at radius 1 is 1.24 bits per heavy atom. The molecule has 3 aromatic rings. The largest absolute Gasteiger partial charge is 0.345 e. The lowest BCUT2D eigenvalue weighted by Gasteiger charge is -2.38. The number of benzene rings is 1. The van der Waals surface area contributed by atoms with Crippen molar-refractivity contribution in [2.45, 2.75) is 39.3 Å². The van der Waals surface area contributed by atoms with Crippen LogP contribution in [0.1, 0.15) is 42.7 Å². The molecule has 152 valence electrons. The van der Waals surface area contributed by atoms with Crippen molar-refractivity contribution in [3.05, 3.63) is 47.7 Å². The van der Waals surface area contributed by atoms with Crippen molar-refractivity contribution in [3.63, 3.8) is 0 Å². The Kier molecular flexibility index (Phi) is 4.49. The molecule has 8 heteroatoms. The van der Waals surface area contributed by atoms with Gasteiger partial charge in [0.05, 0.1) is 28.1 Å². The van der Waals surface area contributed by atoms with Gasteiger partial charge in [0, 0.05) is 17.8 Å². The fraction of sp³-hybridized carbons (Fsp3) is 0.381. The average Bonchev–Trinajstić information content (AvgIpc) is 2.98. The molecule has 0 bridgehead atoms. The first-order valence-electron chi connectivity index (χ1n) is 9.55. The summed E-state index contributed by atoms with van der Waals surface area (Å²) in [6.07, 6.45) is 1.53. The van der Waals surface area contributed by atoms with E-state index in [4.69, 9.17) is 5.10 Å². The molecule has 29 heavy (non-hydrogen) atoms. The van der Waals surface area contributed by atoms with Gasteiger partial charge < -0.3 is 5.32 Å². The second-order valence-electron chi connectivity index (χ2n) is 8.40. The summed E-state index contributed by atoms with van der Waals surface area (Å²) in [5, 5.41) is 7.60. The van der Waals surface area contributed by atoms with Crippen molar-refractivity contribution in [3.8, 4) is 11.3 Å². The van der Waals surface area contributed by atoms with Gasteiger partial charge in [0.1, 0.15) is 11.2 Å². The van der Waals surface area contributed by atoms with Crippen molar-refractivity contribution >= 4 is 26.8 Å². The lowest BCUT2D eigenvalue weighted by molar-refractivity contribution is 0.0916. The summed E-state index contributed by atoms with van der Waals surface area (Å²) >= 11 is 0. The lowest BCUT2D eigenvalue weighted by atomic mass is 10.1. The Balaban J connectivity index is 1.74. The molecule has 1 aliphatic rings. The number of aryl methyl sites for hydroxylation is 1. The summed E-state index contributed by atoms with van der Waals surface area (Å²) in [5.74, 6) is -0.406. The summed E-state index contributed by atoms with van der Waals surface area (Å²) in [6.45, 7) is 7.83. The third-order valence-electron chi connectivity index (χ3n) is 5.08. The second kappa shape index (κ2) is 6.66. The molecular formula is C21H24N4O3S. The van der Waals surface area contributed by atoms with Gasteiger partial charge in [0.25, 0.3) is 5.91 Å². The minimum atomic E-state index is -3.04. The van der Waals surface area contributed by atoms with Crippen LogP contribution < -0.4 is 5.32 Å². The smallest absolute Gasteiger partial charge is 0.253 e. The van der Waals surface area contributed by atoms with E-state index in [2.05, 4.69) is 16.4 Å². The Morgan fingerprint density at radius 3 is 2.59 bits per heavy atom. The molecule has 1 fully saturated rings. The zero-order valence-electron chi connectivity index (χ0n) is 16.9. The number of carbonyl (C=O) groups is 1. The topological polar surface area (TPSA) is 94.0 Å². The van der Waals surface area contributed by atoms with E-state index in [9.17, 15) is 13.2 Å². The van der Waals surface area contributed by atoms with Gasteiger partial charge in [-0.15, -0.1) is 0 Å². The molecule has 0 atom stereocenters. The fourth-order valence-electron chi connectivity index (χ4n) is 3.87. The maximum atomic E-state index is 12.7. The number of rotatable bonds is 4. The summed E-state index contributed by atoms with van der Waals surface area (Å²) in [7, 11) is -3.04. The molecule has 1 aromatic carbocycles. The summed E-state index contributed by atoms with van der Waals surface area (Å²) in [5.41, 5.74) is 4.06. The highest BCUT2D eigenvalue weighted by Crippen LogP contribution is 2.30. The third kappa shape index (κ3) is 3.64. The van der Waals surface area contributed by atoms with Crippen molar-refractivity contribution in [1.82, 2.24) is 20.1 Å². The van der Waals surface area contributed by atoms with Gasteiger partial charge in [-0.05, 0) is 39.8 Å². The summed E-state index contributed by atoms with van der Waals surface area (Å²) in [6, 6.07) is 9.94. The van der Waals surface area contributed by atoms with Crippen LogP contribution in [-0.4, -0.2) is 46.1 Å². The lowest BCUT2D eigenvalue weighted by Crippen LogP contribution is -2.63. The zero-order chi connectivity index (χ0) is 21.0. The Labute approximate surface area is 170 Å². The van der Waals surface area contributed by atoms with E-state index in [1.165, 1.54) is 6.20 Å². The highest BCUT2D eigenvalue weighted by Gasteiger charge is 2.45. The molecule has 7 nitrogen and oxygen atoms in total. The summed E-state index contributed by atoms with van der Waals surface area (Å²) < 4.78 is 24.9. The Hall–Kier alpha value is -2.74. The van der Waals surface area contributed by atoms with Crippen LogP contribution in [0.5, 0.6) is 0 Å². The van der Waals surface area contributed by atoms with E-state index in [0.717, 1.165) is 27.9 Å². The van der Waals surface area contributed by atoms with E-state index in [-0.39, 0.29) is 23.5 Å². The average molecular weight is 413 g/mol. The molecule has 1 aliphatic heterocycles. The highest BCUT2D eigenvalue weighted by molar-refractivity contribution is 7.93. The first kappa shape index (κ1) is 19.6. The molecule has 0 aliphatic carbocycles.